The molecule has 1 unspecified atom stereocenters. The molecule has 5 heteroatoms. The van der Waals surface area contributed by atoms with E-state index in [2.05, 4.69) is 21.3 Å². The number of esters is 2. The van der Waals surface area contributed by atoms with E-state index in [4.69, 9.17) is 4.74 Å². The number of rotatable bonds is 6. The second kappa shape index (κ2) is 10.2. The van der Waals surface area contributed by atoms with E-state index in [0.29, 0.717) is 13.0 Å². The monoisotopic (exact) mass is 254 g/mol. The summed E-state index contributed by atoms with van der Waals surface area (Å²) in [5.74, 6) is 3.85. The second-order valence-electron chi connectivity index (χ2n) is 3.08. The lowest BCUT2D eigenvalue weighted by Gasteiger charge is -2.06. The fourth-order valence-corrected chi connectivity index (χ4v) is 0.919. The van der Waals surface area contributed by atoms with E-state index < -0.39 is 18.0 Å². The van der Waals surface area contributed by atoms with Crippen LogP contribution in [0.4, 0.5) is 0 Å². The number of carbonyl (C=O) groups is 2. The first-order valence-electron chi connectivity index (χ1n) is 5.81. The Kier molecular flexibility index (Phi) is 9.10. The van der Waals surface area contributed by atoms with Gasteiger partial charge in [0.1, 0.15) is 0 Å². The summed E-state index contributed by atoms with van der Waals surface area (Å²) in [6, 6.07) is 0. The van der Waals surface area contributed by atoms with E-state index in [-0.39, 0.29) is 6.61 Å². The average molecular weight is 254 g/mol. The van der Waals surface area contributed by atoms with Crippen molar-refractivity contribution in [2.75, 3.05) is 13.2 Å². The highest BCUT2D eigenvalue weighted by Crippen LogP contribution is 1.97. The molecule has 1 atom stereocenters. The Morgan fingerprint density at radius 3 is 2.39 bits per heavy atom. The molecular formula is C13H18O5. The van der Waals surface area contributed by atoms with E-state index in [9.17, 15) is 9.59 Å². The van der Waals surface area contributed by atoms with Crippen LogP contribution < -0.4 is 0 Å². The summed E-state index contributed by atoms with van der Waals surface area (Å²) in [7, 11) is 0. The minimum atomic E-state index is -0.589. The third kappa shape index (κ3) is 8.22. The topological polar surface area (TPSA) is 61.8 Å². The Hall–Kier alpha value is -1.96. The first-order valence-corrected chi connectivity index (χ1v) is 5.81. The Labute approximate surface area is 107 Å². The van der Waals surface area contributed by atoms with Crippen LogP contribution in [0.15, 0.2) is 12.3 Å². The van der Waals surface area contributed by atoms with Gasteiger partial charge in [-0.05, 0) is 26.2 Å². The van der Waals surface area contributed by atoms with Crippen molar-refractivity contribution >= 4 is 11.9 Å². The van der Waals surface area contributed by atoms with Crippen molar-refractivity contribution in [1.29, 1.82) is 0 Å². The third-order valence-electron chi connectivity index (χ3n) is 1.71. The largest absolute Gasteiger partial charge is 0.485 e. The van der Waals surface area contributed by atoms with Crippen molar-refractivity contribution in [3.63, 3.8) is 0 Å². The summed E-state index contributed by atoms with van der Waals surface area (Å²) < 4.78 is 14.5. The third-order valence-corrected chi connectivity index (χ3v) is 1.71. The van der Waals surface area contributed by atoms with Gasteiger partial charge in [-0.3, -0.25) is 0 Å². The summed E-state index contributed by atoms with van der Waals surface area (Å²) in [6.07, 6.45) is 2.50. The highest BCUT2D eigenvalue weighted by Gasteiger charge is 2.02. The van der Waals surface area contributed by atoms with E-state index in [1.807, 2.05) is 6.92 Å². The predicted molar refractivity (Wildman–Crippen MR) is 65.3 cm³/mol. The molecule has 0 spiro atoms. The molecule has 0 saturated carbocycles. The van der Waals surface area contributed by atoms with Crippen LogP contribution in [-0.4, -0.2) is 31.3 Å². The number of ether oxygens (including phenoxy) is 3. The second-order valence-corrected chi connectivity index (χ2v) is 3.08. The van der Waals surface area contributed by atoms with Gasteiger partial charge in [0.15, 0.2) is 6.10 Å². The standard InChI is InChI=1S/C13H18O5/c1-4-11(7-8-12(14)16-5-2)18-10-9-13(15)17-6-3/h9-11H,4-6H2,1-3H3/b10-9+. The van der Waals surface area contributed by atoms with Gasteiger partial charge in [0.05, 0.1) is 25.6 Å². The van der Waals surface area contributed by atoms with Crippen molar-refractivity contribution in [1.82, 2.24) is 0 Å². The normalized spacial score (nSPS) is 11.3. The van der Waals surface area contributed by atoms with E-state index in [1.165, 1.54) is 6.26 Å². The maximum atomic E-state index is 11.0. The number of hydrogen-bond acceptors (Lipinski definition) is 5. The molecule has 100 valence electrons. The quantitative estimate of drug-likeness (QED) is 0.236. The Morgan fingerprint density at radius 2 is 1.83 bits per heavy atom. The van der Waals surface area contributed by atoms with Crippen molar-refractivity contribution in [2.24, 2.45) is 0 Å². The van der Waals surface area contributed by atoms with Crippen LogP contribution in [0.2, 0.25) is 0 Å². The number of hydrogen-bond donors (Lipinski definition) is 0. The van der Waals surface area contributed by atoms with Gasteiger partial charge in [0.2, 0.25) is 0 Å². The lowest BCUT2D eigenvalue weighted by Crippen LogP contribution is -2.08. The fraction of sp³-hybridized carbons (Fsp3) is 0.538. The average Bonchev–Trinajstić information content (AvgIpc) is 2.34. The predicted octanol–water partition coefficient (Wildman–Crippen LogP) is 1.42. The zero-order valence-electron chi connectivity index (χ0n) is 10.9. The minimum Gasteiger partial charge on any atom is -0.485 e. The molecule has 0 saturated heterocycles. The van der Waals surface area contributed by atoms with Crippen LogP contribution in [0.1, 0.15) is 27.2 Å². The molecule has 0 aliphatic rings. The highest BCUT2D eigenvalue weighted by molar-refractivity contribution is 5.88. The molecule has 18 heavy (non-hydrogen) atoms. The van der Waals surface area contributed by atoms with Crippen molar-refractivity contribution in [3.05, 3.63) is 12.3 Å². The van der Waals surface area contributed by atoms with Crippen LogP contribution in [-0.2, 0) is 23.8 Å². The molecule has 0 aliphatic carbocycles. The van der Waals surface area contributed by atoms with Crippen LogP contribution in [0.5, 0.6) is 0 Å². The Bertz CT molecular complexity index is 348. The van der Waals surface area contributed by atoms with Crippen LogP contribution >= 0.6 is 0 Å². The van der Waals surface area contributed by atoms with Gasteiger partial charge < -0.3 is 14.2 Å². The van der Waals surface area contributed by atoms with Crippen molar-refractivity contribution < 1.29 is 23.8 Å². The highest BCUT2D eigenvalue weighted by atomic mass is 16.5. The molecule has 0 radical (unpaired) electrons. The molecule has 0 bridgehead atoms. The molecule has 0 heterocycles. The van der Waals surface area contributed by atoms with Gasteiger partial charge in [-0.25, -0.2) is 9.59 Å². The van der Waals surface area contributed by atoms with E-state index in [1.54, 1.807) is 13.8 Å². The molecule has 0 aliphatic heterocycles. The zero-order valence-corrected chi connectivity index (χ0v) is 10.9. The smallest absolute Gasteiger partial charge is 0.384 e. The molecular weight excluding hydrogens is 236 g/mol. The molecule has 0 N–H and O–H groups in total. The molecule has 0 fully saturated rings. The van der Waals surface area contributed by atoms with E-state index >= 15 is 0 Å². The summed E-state index contributed by atoms with van der Waals surface area (Å²) in [5, 5.41) is 0. The lowest BCUT2D eigenvalue weighted by molar-refractivity contribution is -0.137. The molecule has 0 aromatic carbocycles. The van der Waals surface area contributed by atoms with Crippen LogP contribution in [0, 0.1) is 11.8 Å². The summed E-state index contributed by atoms with van der Waals surface area (Å²) >= 11 is 0. The first kappa shape index (κ1) is 16.0. The fourth-order valence-electron chi connectivity index (χ4n) is 0.919. The zero-order chi connectivity index (χ0) is 13.8. The minimum absolute atomic E-state index is 0.286. The van der Waals surface area contributed by atoms with Gasteiger partial charge >= 0.3 is 11.9 Å². The first-order chi connectivity index (χ1) is 8.63. The Balaban J connectivity index is 4.19. The summed E-state index contributed by atoms with van der Waals surface area (Å²) in [4.78, 5) is 22.0. The SMILES string of the molecule is CCOC(=O)C#CC(CC)O/C=C/C(=O)OCC. The lowest BCUT2D eigenvalue weighted by atomic mass is 10.3. The van der Waals surface area contributed by atoms with Gasteiger partial charge in [-0.15, -0.1) is 0 Å². The summed E-state index contributed by atoms with van der Waals surface area (Å²) in [5.41, 5.74) is 0. The molecule has 5 nitrogen and oxygen atoms in total. The van der Waals surface area contributed by atoms with Crippen molar-refractivity contribution in [2.45, 2.75) is 33.3 Å². The molecule has 0 rings (SSSR count). The van der Waals surface area contributed by atoms with Gasteiger partial charge in [-0.1, -0.05) is 6.92 Å². The van der Waals surface area contributed by atoms with Gasteiger partial charge in [0, 0.05) is 5.92 Å². The Morgan fingerprint density at radius 1 is 1.17 bits per heavy atom. The van der Waals surface area contributed by atoms with Gasteiger partial charge in [-0.2, -0.15) is 0 Å². The molecule has 0 amide bonds. The van der Waals surface area contributed by atoms with Crippen LogP contribution in [0.25, 0.3) is 0 Å². The summed E-state index contributed by atoms with van der Waals surface area (Å²) in [6.45, 7) is 5.86. The molecule has 0 aromatic heterocycles. The van der Waals surface area contributed by atoms with Crippen LogP contribution in [0.3, 0.4) is 0 Å². The maximum Gasteiger partial charge on any atom is 0.384 e. The molecule has 0 aromatic rings. The number of carbonyl (C=O) groups excluding carboxylic acids is 2. The van der Waals surface area contributed by atoms with Gasteiger partial charge in [0.25, 0.3) is 0 Å². The van der Waals surface area contributed by atoms with Crippen molar-refractivity contribution in [3.8, 4) is 11.8 Å². The maximum absolute atomic E-state index is 11.0. The van der Waals surface area contributed by atoms with E-state index in [0.717, 1.165) is 6.08 Å².